The van der Waals surface area contributed by atoms with E-state index in [9.17, 15) is 0 Å². The van der Waals surface area contributed by atoms with Crippen molar-refractivity contribution in [3.05, 3.63) is 24.0 Å². The lowest BCUT2D eigenvalue weighted by atomic mass is 10.2. The van der Waals surface area contributed by atoms with Crippen molar-refractivity contribution in [2.45, 2.75) is 52.4 Å². The predicted octanol–water partition coefficient (Wildman–Crippen LogP) is 3.82. The average molecular weight is 239 g/mol. The highest BCUT2D eigenvalue weighted by Crippen LogP contribution is 2.36. The minimum atomic E-state index is -1.57. The van der Waals surface area contributed by atoms with Gasteiger partial charge in [0.05, 0.1) is 6.61 Å². The first-order chi connectivity index (χ1) is 7.22. The molecule has 0 bridgehead atoms. The monoisotopic (exact) mass is 239 g/mol. The molecule has 0 radical (unpaired) electrons. The molecule has 0 fully saturated rings. The van der Waals surface area contributed by atoms with E-state index in [1.54, 1.807) is 0 Å². The molecule has 1 rings (SSSR count). The van der Waals surface area contributed by atoms with Gasteiger partial charge < -0.3 is 8.99 Å². The Balaban J connectivity index is 2.41. The standard InChI is InChI=1S/C13H25NOSi/c1-12-7-8-14(11-12)9-10-15-16(5,6)13(2,3)4/h7-8,11H,9-10H2,1-6H3. The molecule has 16 heavy (non-hydrogen) atoms. The molecule has 0 saturated heterocycles. The van der Waals surface area contributed by atoms with E-state index in [0.29, 0.717) is 5.04 Å². The lowest BCUT2D eigenvalue weighted by Crippen LogP contribution is -2.41. The van der Waals surface area contributed by atoms with E-state index in [-0.39, 0.29) is 0 Å². The van der Waals surface area contributed by atoms with Crippen LogP contribution >= 0.6 is 0 Å². The number of hydrogen-bond donors (Lipinski definition) is 0. The number of aromatic nitrogens is 1. The number of rotatable bonds is 4. The van der Waals surface area contributed by atoms with Crippen molar-refractivity contribution in [1.82, 2.24) is 4.57 Å². The smallest absolute Gasteiger partial charge is 0.192 e. The molecule has 0 amide bonds. The summed E-state index contributed by atoms with van der Waals surface area (Å²) in [5, 5.41) is 0.305. The van der Waals surface area contributed by atoms with Crippen molar-refractivity contribution < 1.29 is 4.43 Å². The van der Waals surface area contributed by atoms with Crippen LogP contribution in [0.1, 0.15) is 26.3 Å². The zero-order valence-corrected chi connectivity index (χ0v) is 12.5. The average Bonchev–Trinajstić information content (AvgIpc) is 2.49. The third-order valence-electron chi connectivity index (χ3n) is 3.52. The summed E-state index contributed by atoms with van der Waals surface area (Å²) in [6, 6.07) is 2.13. The summed E-state index contributed by atoms with van der Waals surface area (Å²) in [5.74, 6) is 0. The van der Waals surface area contributed by atoms with Gasteiger partial charge in [0.25, 0.3) is 0 Å². The van der Waals surface area contributed by atoms with Crippen LogP contribution in [0.25, 0.3) is 0 Å². The third kappa shape index (κ3) is 3.49. The van der Waals surface area contributed by atoms with E-state index >= 15 is 0 Å². The second-order valence-corrected chi connectivity index (χ2v) is 10.8. The highest BCUT2D eigenvalue weighted by Gasteiger charge is 2.36. The highest BCUT2D eigenvalue weighted by molar-refractivity contribution is 6.74. The zero-order valence-electron chi connectivity index (χ0n) is 11.5. The predicted molar refractivity (Wildman–Crippen MR) is 72.3 cm³/mol. The van der Waals surface area contributed by atoms with E-state index < -0.39 is 8.32 Å². The van der Waals surface area contributed by atoms with Gasteiger partial charge in [0.2, 0.25) is 0 Å². The Morgan fingerprint density at radius 1 is 1.31 bits per heavy atom. The minimum Gasteiger partial charge on any atom is -0.415 e. The van der Waals surface area contributed by atoms with Crippen molar-refractivity contribution in [3.63, 3.8) is 0 Å². The molecule has 1 heterocycles. The maximum absolute atomic E-state index is 6.13. The zero-order chi connectivity index (χ0) is 12.4. The Morgan fingerprint density at radius 2 is 1.94 bits per heavy atom. The van der Waals surface area contributed by atoms with Crippen LogP contribution in [0.2, 0.25) is 18.1 Å². The van der Waals surface area contributed by atoms with Crippen molar-refractivity contribution >= 4 is 8.32 Å². The molecule has 3 heteroatoms. The molecule has 0 atom stereocenters. The molecular formula is C13H25NOSi. The van der Waals surface area contributed by atoms with Crippen LogP contribution in [0.3, 0.4) is 0 Å². The van der Waals surface area contributed by atoms with E-state index in [1.165, 1.54) is 5.56 Å². The molecule has 0 spiro atoms. The van der Waals surface area contributed by atoms with Crippen molar-refractivity contribution in [2.75, 3.05) is 6.61 Å². The van der Waals surface area contributed by atoms with Gasteiger partial charge in [-0.25, -0.2) is 0 Å². The van der Waals surface area contributed by atoms with E-state index in [0.717, 1.165) is 13.2 Å². The Labute approximate surface area is 101 Å². The maximum atomic E-state index is 6.13. The molecule has 0 aromatic carbocycles. The normalized spacial score (nSPS) is 13.1. The molecule has 0 unspecified atom stereocenters. The summed E-state index contributed by atoms with van der Waals surface area (Å²) in [6.07, 6.45) is 4.28. The lowest BCUT2D eigenvalue weighted by molar-refractivity contribution is 0.272. The van der Waals surface area contributed by atoms with Gasteiger partial charge in [0, 0.05) is 18.9 Å². The Morgan fingerprint density at radius 3 is 2.38 bits per heavy atom. The summed E-state index contributed by atoms with van der Waals surface area (Å²) < 4.78 is 8.32. The third-order valence-corrected chi connectivity index (χ3v) is 8.06. The molecule has 0 aliphatic heterocycles. The Hall–Kier alpha value is -0.543. The fourth-order valence-corrected chi connectivity index (χ4v) is 2.36. The quantitative estimate of drug-likeness (QED) is 0.729. The number of nitrogens with zero attached hydrogens (tertiary/aromatic N) is 1. The molecule has 0 aliphatic rings. The van der Waals surface area contributed by atoms with Crippen LogP contribution in [-0.2, 0) is 11.0 Å². The Kier molecular flexibility index (Phi) is 4.02. The van der Waals surface area contributed by atoms with Crippen molar-refractivity contribution in [3.8, 4) is 0 Å². The summed E-state index contributed by atoms with van der Waals surface area (Å²) in [7, 11) is -1.57. The van der Waals surface area contributed by atoms with E-state index in [2.05, 4.69) is 63.8 Å². The first kappa shape index (κ1) is 13.5. The van der Waals surface area contributed by atoms with Crippen molar-refractivity contribution in [2.24, 2.45) is 0 Å². The van der Waals surface area contributed by atoms with Gasteiger partial charge in [-0.3, -0.25) is 0 Å². The highest BCUT2D eigenvalue weighted by atomic mass is 28.4. The van der Waals surface area contributed by atoms with Crippen molar-refractivity contribution in [1.29, 1.82) is 0 Å². The van der Waals surface area contributed by atoms with Crippen LogP contribution in [0.4, 0.5) is 0 Å². The fourth-order valence-electron chi connectivity index (χ4n) is 1.32. The van der Waals surface area contributed by atoms with Crippen LogP contribution in [0.5, 0.6) is 0 Å². The second kappa shape index (κ2) is 4.76. The van der Waals surface area contributed by atoms with E-state index in [4.69, 9.17) is 4.43 Å². The van der Waals surface area contributed by atoms with Crippen LogP contribution in [-0.4, -0.2) is 19.5 Å². The van der Waals surface area contributed by atoms with Gasteiger partial charge in [-0.1, -0.05) is 20.8 Å². The van der Waals surface area contributed by atoms with Crippen LogP contribution in [0.15, 0.2) is 18.5 Å². The molecule has 1 aromatic rings. The molecule has 2 nitrogen and oxygen atoms in total. The summed E-state index contributed by atoms with van der Waals surface area (Å²) in [6.45, 7) is 15.3. The lowest BCUT2D eigenvalue weighted by Gasteiger charge is -2.36. The van der Waals surface area contributed by atoms with Gasteiger partial charge in [-0.05, 0) is 36.7 Å². The van der Waals surface area contributed by atoms with Gasteiger partial charge in [0.1, 0.15) is 0 Å². The largest absolute Gasteiger partial charge is 0.415 e. The summed E-state index contributed by atoms with van der Waals surface area (Å²) in [4.78, 5) is 0. The van der Waals surface area contributed by atoms with E-state index in [1.807, 2.05) is 0 Å². The van der Waals surface area contributed by atoms with Crippen LogP contribution < -0.4 is 0 Å². The molecule has 1 aromatic heterocycles. The molecule has 0 aliphatic carbocycles. The first-order valence-electron chi connectivity index (χ1n) is 5.99. The van der Waals surface area contributed by atoms with Gasteiger partial charge >= 0.3 is 0 Å². The van der Waals surface area contributed by atoms with Gasteiger partial charge in [-0.2, -0.15) is 0 Å². The fraction of sp³-hybridized carbons (Fsp3) is 0.692. The maximum Gasteiger partial charge on any atom is 0.192 e. The first-order valence-corrected chi connectivity index (χ1v) is 8.89. The number of aryl methyl sites for hydroxylation is 1. The Bertz CT molecular complexity index is 336. The van der Waals surface area contributed by atoms with Crippen LogP contribution in [0, 0.1) is 6.92 Å². The topological polar surface area (TPSA) is 14.2 Å². The minimum absolute atomic E-state index is 0.305. The molecular weight excluding hydrogens is 214 g/mol. The van der Waals surface area contributed by atoms with Gasteiger partial charge in [0.15, 0.2) is 8.32 Å². The molecule has 0 saturated carbocycles. The molecule has 92 valence electrons. The summed E-state index contributed by atoms with van der Waals surface area (Å²) in [5.41, 5.74) is 1.31. The molecule has 0 N–H and O–H groups in total. The summed E-state index contributed by atoms with van der Waals surface area (Å²) >= 11 is 0. The second-order valence-electron chi connectivity index (χ2n) is 6.04. The van der Waals surface area contributed by atoms with Gasteiger partial charge in [-0.15, -0.1) is 0 Å². The SMILES string of the molecule is Cc1ccn(CCO[Si](C)(C)C(C)(C)C)c1. The number of hydrogen-bond acceptors (Lipinski definition) is 1.